The zero-order valence-electron chi connectivity index (χ0n) is 5.88. The van der Waals surface area contributed by atoms with Crippen LogP contribution in [0.2, 0.25) is 0 Å². The molecule has 0 saturated heterocycles. The molecule has 1 heterocycles. The number of rotatable bonds is 0. The topological polar surface area (TPSA) is 17.3 Å². The van der Waals surface area contributed by atoms with Crippen molar-refractivity contribution in [2.24, 2.45) is 12.0 Å². The highest BCUT2D eigenvalue weighted by molar-refractivity contribution is 7.09. The molecule has 0 amide bonds. The minimum atomic E-state index is 1.08. The average molecular weight is 142 g/mol. The van der Waals surface area contributed by atoms with Gasteiger partial charge < -0.3 is 4.57 Å². The second-order valence-electron chi connectivity index (χ2n) is 1.96. The van der Waals surface area contributed by atoms with Crippen molar-refractivity contribution in [2.45, 2.75) is 6.92 Å². The van der Waals surface area contributed by atoms with Crippen LogP contribution in [0.1, 0.15) is 4.88 Å². The van der Waals surface area contributed by atoms with E-state index in [0.29, 0.717) is 0 Å². The van der Waals surface area contributed by atoms with Crippen LogP contribution in [0.3, 0.4) is 0 Å². The Balaban J connectivity index is 3.33. The second-order valence-corrected chi connectivity index (χ2v) is 3.17. The maximum atomic E-state index is 4.07. The molecule has 1 aromatic rings. The van der Waals surface area contributed by atoms with Crippen molar-refractivity contribution >= 4 is 11.3 Å². The highest BCUT2D eigenvalue weighted by atomic mass is 32.1. The number of nitrogens with zero attached hydrogens (tertiary/aromatic N) is 2. The highest BCUT2D eigenvalue weighted by Crippen LogP contribution is 1.97. The van der Waals surface area contributed by atoms with E-state index in [1.807, 2.05) is 18.7 Å². The van der Waals surface area contributed by atoms with E-state index in [2.05, 4.69) is 18.1 Å². The largest absolute Gasteiger partial charge is 0.327 e. The summed E-state index contributed by atoms with van der Waals surface area (Å²) in [5.41, 5.74) is 0. The predicted octanol–water partition coefficient (Wildman–Crippen LogP) is 0.926. The van der Waals surface area contributed by atoms with Crippen LogP contribution in [0, 0.1) is 6.92 Å². The van der Waals surface area contributed by atoms with Gasteiger partial charge in [-0.05, 0) is 6.92 Å². The fourth-order valence-corrected chi connectivity index (χ4v) is 1.56. The van der Waals surface area contributed by atoms with E-state index in [4.69, 9.17) is 0 Å². The quantitative estimate of drug-likeness (QED) is 0.512. The van der Waals surface area contributed by atoms with Crippen LogP contribution < -0.4 is 4.80 Å². The van der Waals surface area contributed by atoms with Gasteiger partial charge in [-0.2, -0.15) is 0 Å². The first kappa shape index (κ1) is 6.55. The Morgan fingerprint density at radius 2 is 2.33 bits per heavy atom. The molecule has 3 heteroatoms. The SMILES string of the molecule is CN=c1sc(C)cn1C. The molecule has 50 valence electrons. The first-order chi connectivity index (χ1) is 4.24. The molecule has 0 radical (unpaired) electrons. The van der Waals surface area contributed by atoms with Crippen molar-refractivity contribution in [1.82, 2.24) is 4.57 Å². The number of hydrogen-bond acceptors (Lipinski definition) is 2. The van der Waals surface area contributed by atoms with Crippen molar-refractivity contribution in [1.29, 1.82) is 0 Å². The Morgan fingerprint density at radius 3 is 2.56 bits per heavy atom. The molecule has 0 atom stereocenters. The van der Waals surface area contributed by atoms with E-state index < -0.39 is 0 Å². The van der Waals surface area contributed by atoms with Crippen LogP contribution >= 0.6 is 11.3 Å². The molecule has 0 aliphatic rings. The standard InChI is InChI=1S/C6H10N2S/c1-5-4-8(3)6(7-2)9-5/h4H,1-3H3. The monoisotopic (exact) mass is 142 g/mol. The third-order valence-corrected chi connectivity index (χ3v) is 2.20. The minimum Gasteiger partial charge on any atom is -0.327 e. The molecule has 0 aliphatic heterocycles. The van der Waals surface area contributed by atoms with Crippen molar-refractivity contribution < 1.29 is 0 Å². The van der Waals surface area contributed by atoms with Gasteiger partial charge in [0.1, 0.15) is 0 Å². The van der Waals surface area contributed by atoms with Crippen LogP contribution in [0.4, 0.5) is 0 Å². The van der Waals surface area contributed by atoms with Crippen LogP contribution in [-0.4, -0.2) is 11.6 Å². The summed E-state index contributed by atoms with van der Waals surface area (Å²) in [5, 5.41) is 0. The van der Waals surface area contributed by atoms with Crippen LogP contribution in [0.5, 0.6) is 0 Å². The van der Waals surface area contributed by atoms with Crippen molar-refractivity contribution in [3.05, 3.63) is 15.9 Å². The number of aryl methyl sites for hydroxylation is 2. The Bertz CT molecular complexity index is 256. The van der Waals surface area contributed by atoms with E-state index in [0.717, 1.165) is 4.80 Å². The molecular weight excluding hydrogens is 132 g/mol. The van der Waals surface area contributed by atoms with Crippen molar-refractivity contribution in [2.75, 3.05) is 7.05 Å². The molecule has 2 nitrogen and oxygen atoms in total. The Kier molecular flexibility index (Phi) is 1.71. The minimum absolute atomic E-state index is 1.08. The lowest BCUT2D eigenvalue weighted by Crippen LogP contribution is -2.07. The van der Waals surface area contributed by atoms with Gasteiger partial charge in [0.25, 0.3) is 0 Å². The third kappa shape index (κ3) is 1.21. The molecule has 1 aromatic heterocycles. The zero-order valence-corrected chi connectivity index (χ0v) is 6.70. The third-order valence-electron chi connectivity index (χ3n) is 1.12. The van der Waals surface area contributed by atoms with Gasteiger partial charge in [0, 0.05) is 25.2 Å². The van der Waals surface area contributed by atoms with E-state index in [9.17, 15) is 0 Å². The summed E-state index contributed by atoms with van der Waals surface area (Å²) in [6.07, 6.45) is 2.08. The average Bonchev–Trinajstić information content (AvgIpc) is 2.10. The molecular formula is C6H10N2S. The molecule has 1 rings (SSSR count). The molecule has 0 fully saturated rings. The van der Waals surface area contributed by atoms with Crippen LogP contribution in [0.15, 0.2) is 11.2 Å². The summed E-state index contributed by atoms with van der Waals surface area (Å²) in [7, 11) is 3.82. The van der Waals surface area contributed by atoms with Gasteiger partial charge in [0.2, 0.25) is 0 Å². The summed E-state index contributed by atoms with van der Waals surface area (Å²) in [5.74, 6) is 0. The van der Waals surface area contributed by atoms with Crippen molar-refractivity contribution in [3.63, 3.8) is 0 Å². The molecule has 0 saturated carbocycles. The number of aromatic nitrogens is 1. The molecule has 0 bridgehead atoms. The molecule has 9 heavy (non-hydrogen) atoms. The molecule has 0 N–H and O–H groups in total. The predicted molar refractivity (Wildman–Crippen MR) is 39.5 cm³/mol. The normalized spacial score (nSPS) is 12.6. The van der Waals surface area contributed by atoms with E-state index in [1.165, 1.54) is 4.88 Å². The molecule has 0 aliphatic carbocycles. The Labute approximate surface area is 58.5 Å². The smallest absolute Gasteiger partial charge is 0.184 e. The second kappa shape index (κ2) is 2.35. The lowest BCUT2D eigenvalue weighted by Gasteiger charge is -1.83. The summed E-state index contributed by atoms with van der Waals surface area (Å²) in [6, 6.07) is 0. The van der Waals surface area contributed by atoms with Gasteiger partial charge in [0.05, 0.1) is 0 Å². The summed E-state index contributed by atoms with van der Waals surface area (Å²) >= 11 is 1.71. The van der Waals surface area contributed by atoms with Crippen LogP contribution in [0.25, 0.3) is 0 Å². The first-order valence-corrected chi connectivity index (χ1v) is 3.61. The summed E-state index contributed by atoms with van der Waals surface area (Å²) < 4.78 is 2.03. The fraction of sp³-hybridized carbons (Fsp3) is 0.500. The molecule has 0 unspecified atom stereocenters. The van der Waals surface area contributed by atoms with Gasteiger partial charge >= 0.3 is 0 Å². The van der Waals surface area contributed by atoms with E-state index >= 15 is 0 Å². The van der Waals surface area contributed by atoms with Gasteiger partial charge in [-0.25, -0.2) is 0 Å². The van der Waals surface area contributed by atoms with E-state index in [1.54, 1.807) is 11.3 Å². The zero-order chi connectivity index (χ0) is 6.85. The lowest BCUT2D eigenvalue weighted by atomic mass is 10.6. The lowest BCUT2D eigenvalue weighted by molar-refractivity contribution is 0.864. The molecule has 0 aromatic carbocycles. The molecule has 0 spiro atoms. The fourth-order valence-electron chi connectivity index (χ4n) is 0.774. The maximum absolute atomic E-state index is 4.07. The van der Waals surface area contributed by atoms with Crippen LogP contribution in [-0.2, 0) is 7.05 Å². The van der Waals surface area contributed by atoms with Gasteiger partial charge in [-0.3, -0.25) is 4.99 Å². The summed E-state index contributed by atoms with van der Waals surface area (Å²) in [4.78, 5) is 6.45. The number of thiazole rings is 1. The Hall–Kier alpha value is -0.570. The maximum Gasteiger partial charge on any atom is 0.184 e. The van der Waals surface area contributed by atoms with Gasteiger partial charge in [-0.1, -0.05) is 0 Å². The number of hydrogen-bond donors (Lipinski definition) is 0. The first-order valence-electron chi connectivity index (χ1n) is 2.80. The van der Waals surface area contributed by atoms with E-state index in [-0.39, 0.29) is 0 Å². The highest BCUT2D eigenvalue weighted by Gasteiger charge is 1.89. The van der Waals surface area contributed by atoms with Gasteiger partial charge in [0.15, 0.2) is 4.80 Å². The van der Waals surface area contributed by atoms with Crippen molar-refractivity contribution in [3.8, 4) is 0 Å². The Morgan fingerprint density at radius 1 is 1.67 bits per heavy atom. The van der Waals surface area contributed by atoms with Gasteiger partial charge in [-0.15, -0.1) is 11.3 Å². The summed E-state index contributed by atoms with van der Waals surface area (Å²) in [6.45, 7) is 2.08.